The van der Waals surface area contributed by atoms with Crippen molar-refractivity contribution in [2.75, 3.05) is 6.61 Å². The predicted molar refractivity (Wildman–Crippen MR) is 268 cm³/mol. The fourth-order valence-corrected chi connectivity index (χ4v) is 8.15. The third-order valence-electron chi connectivity index (χ3n) is 12.4. The van der Waals surface area contributed by atoms with Crippen LogP contribution in [0.15, 0.2) is 48.6 Å². The zero-order valence-electron chi connectivity index (χ0n) is 40.8. The van der Waals surface area contributed by atoms with E-state index in [9.17, 15) is 20.1 Å². The maximum atomic E-state index is 12.5. The van der Waals surface area contributed by atoms with Crippen LogP contribution in [-0.2, 0) is 4.79 Å². The molecule has 0 aliphatic rings. The number of carbonyl (C=O) groups excluding carboxylic acids is 1. The Morgan fingerprint density at radius 1 is 0.393 bits per heavy atom. The molecule has 5 nitrogen and oxygen atoms in total. The summed E-state index contributed by atoms with van der Waals surface area (Å²) < 4.78 is 0. The Balaban J connectivity index is 3.57. The number of rotatable bonds is 49. The minimum Gasteiger partial charge on any atom is -0.394 e. The van der Waals surface area contributed by atoms with Crippen LogP contribution in [0.5, 0.6) is 0 Å². The van der Waals surface area contributed by atoms with Crippen molar-refractivity contribution in [2.24, 2.45) is 0 Å². The minimum atomic E-state index is -1.11. The van der Waals surface area contributed by atoms with Gasteiger partial charge in [0, 0.05) is 0 Å². The van der Waals surface area contributed by atoms with Crippen molar-refractivity contribution in [3.63, 3.8) is 0 Å². The fourth-order valence-electron chi connectivity index (χ4n) is 8.15. The van der Waals surface area contributed by atoms with Gasteiger partial charge in [0.2, 0.25) is 5.91 Å². The molecule has 0 fully saturated rings. The molecule has 358 valence electrons. The van der Waals surface area contributed by atoms with E-state index in [1.807, 2.05) is 6.08 Å². The summed E-state index contributed by atoms with van der Waals surface area (Å²) in [5.41, 5.74) is 0. The zero-order valence-corrected chi connectivity index (χ0v) is 40.8. The normalized spacial score (nSPS) is 13.7. The number of hydrogen-bond acceptors (Lipinski definition) is 4. The maximum Gasteiger partial charge on any atom is 0.249 e. The molecule has 0 heterocycles. The fraction of sp³-hybridized carbons (Fsp3) is 0.839. The molecular formula is C56H105NO4. The van der Waals surface area contributed by atoms with Gasteiger partial charge in [-0.2, -0.15) is 0 Å². The van der Waals surface area contributed by atoms with E-state index in [0.29, 0.717) is 6.42 Å². The van der Waals surface area contributed by atoms with Crippen LogP contribution in [0, 0.1) is 0 Å². The monoisotopic (exact) mass is 856 g/mol. The van der Waals surface area contributed by atoms with E-state index in [2.05, 4.69) is 55.6 Å². The lowest BCUT2D eigenvalue weighted by Gasteiger charge is -2.21. The lowest BCUT2D eigenvalue weighted by Crippen LogP contribution is -2.48. The van der Waals surface area contributed by atoms with Crippen molar-refractivity contribution >= 4 is 5.91 Å². The number of aliphatic hydroxyl groups excluding tert-OH is 3. The van der Waals surface area contributed by atoms with Crippen LogP contribution < -0.4 is 5.32 Å². The number of allylic oxidation sites excluding steroid dienone is 7. The summed E-state index contributed by atoms with van der Waals surface area (Å²) in [6.45, 7) is 4.17. The van der Waals surface area contributed by atoms with Crippen LogP contribution >= 0.6 is 0 Å². The molecule has 0 saturated heterocycles. The Labute approximate surface area is 380 Å². The van der Waals surface area contributed by atoms with Crippen LogP contribution in [0.1, 0.15) is 277 Å². The van der Waals surface area contributed by atoms with E-state index in [1.165, 1.54) is 212 Å². The molecule has 0 aromatic rings. The van der Waals surface area contributed by atoms with Crippen molar-refractivity contribution in [2.45, 2.75) is 295 Å². The van der Waals surface area contributed by atoms with E-state index in [-0.39, 0.29) is 6.61 Å². The molecule has 1 amide bonds. The van der Waals surface area contributed by atoms with Gasteiger partial charge >= 0.3 is 0 Å². The van der Waals surface area contributed by atoms with Gasteiger partial charge in [-0.3, -0.25) is 4.79 Å². The second-order valence-corrected chi connectivity index (χ2v) is 18.4. The number of nitrogens with one attached hydrogen (secondary N) is 1. The van der Waals surface area contributed by atoms with Gasteiger partial charge in [-0.25, -0.2) is 0 Å². The molecule has 3 atom stereocenters. The summed E-state index contributed by atoms with van der Waals surface area (Å²) >= 11 is 0. The maximum absolute atomic E-state index is 12.5. The van der Waals surface area contributed by atoms with Crippen LogP contribution in [0.4, 0.5) is 0 Å². The summed E-state index contributed by atoms with van der Waals surface area (Å²) in [6.07, 6.45) is 67.6. The largest absolute Gasteiger partial charge is 0.394 e. The number of unbranched alkanes of at least 4 members (excludes halogenated alkanes) is 35. The molecule has 0 aliphatic heterocycles. The Morgan fingerprint density at radius 2 is 0.672 bits per heavy atom. The van der Waals surface area contributed by atoms with Crippen molar-refractivity contribution in [3.8, 4) is 0 Å². The van der Waals surface area contributed by atoms with Gasteiger partial charge in [-0.05, 0) is 70.6 Å². The summed E-state index contributed by atoms with van der Waals surface area (Å²) in [5.74, 6) is -0.515. The van der Waals surface area contributed by atoms with Gasteiger partial charge in [0.1, 0.15) is 6.10 Å². The molecule has 0 spiro atoms. The molecule has 0 aromatic heterocycles. The highest BCUT2D eigenvalue weighted by Gasteiger charge is 2.22. The Hall–Kier alpha value is -1.69. The van der Waals surface area contributed by atoms with Crippen LogP contribution in [0.25, 0.3) is 0 Å². The molecule has 0 bridgehead atoms. The minimum absolute atomic E-state index is 0.381. The third-order valence-corrected chi connectivity index (χ3v) is 12.4. The first-order valence-electron chi connectivity index (χ1n) is 27.0. The van der Waals surface area contributed by atoms with Crippen molar-refractivity contribution < 1.29 is 20.1 Å². The molecule has 4 N–H and O–H groups in total. The highest BCUT2D eigenvalue weighted by atomic mass is 16.3. The van der Waals surface area contributed by atoms with E-state index < -0.39 is 24.2 Å². The van der Waals surface area contributed by atoms with E-state index >= 15 is 0 Å². The Kier molecular flexibility index (Phi) is 49.5. The van der Waals surface area contributed by atoms with Gasteiger partial charge in [0.15, 0.2) is 0 Å². The number of aliphatic hydroxyl groups is 3. The first-order chi connectivity index (χ1) is 30.1. The van der Waals surface area contributed by atoms with Gasteiger partial charge in [-0.1, -0.05) is 255 Å². The second-order valence-electron chi connectivity index (χ2n) is 18.4. The summed E-state index contributed by atoms with van der Waals surface area (Å²) in [4.78, 5) is 12.5. The average molecular weight is 856 g/mol. The Bertz CT molecular complexity index is 989. The zero-order chi connectivity index (χ0) is 44.4. The summed E-state index contributed by atoms with van der Waals surface area (Å²) in [7, 11) is 0. The molecule has 0 aliphatic carbocycles. The first-order valence-corrected chi connectivity index (χ1v) is 27.0. The molecule has 0 radical (unpaired) electrons. The second kappa shape index (κ2) is 50.9. The molecule has 5 heteroatoms. The van der Waals surface area contributed by atoms with E-state index in [0.717, 1.165) is 44.9 Å². The number of carbonyl (C=O) groups is 1. The first kappa shape index (κ1) is 59.3. The molecule has 3 unspecified atom stereocenters. The quantitative estimate of drug-likeness (QED) is 0.0362. The van der Waals surface area contributed by atoms with Gasteiger partial charge in [0.25, 0.3) is 0 Å². The highest BCUT2D eigenvalue weighted by molar-refractivity contribution is 5.80. The van der Waals surface area contributed by atoms with Crippen molar-refractivity contribution in [3.05, 3.63) is 48.6 Å². The lowest BCUT2D eigenvalue weighted by molar-refractivity contribution is -0.131. The van der Waals surface area contributed by atoms with Crippen molar-refractivity contribution in [1.29, 1.82) is 0 Å². The topological polar surface area (TPSA) is 89.8 Å². The van der Waals surface area contributed by atoms with Crippen LogP contribution in [0.3, 0.4) is 0 Å². The SMILES string of the molecule is CCCCCCCC/C=C/CC/C=C/CC/C=C/C(O)C(CO)NC(=O)C(O)CCCCCCCCCCCCCCCCC/C=C\CCCCCCCCCCCCCC. The predicted octanol–water partition coefficient (Wildman–Crippen LogP) is 16.4. The van der Waals surface area contributed by atoms with E-state index in [4.69, 9.17) is 0 Å². The van der Waals surface area contributed by atoms with Crippen molar-refractivity contribution in [1.82, 2.24) is 5.32 Å². The molecule has 0 saturated carbocycles. The molecule has 0 aromatic carbocycles. The van der Waals surface area contributed by atoms with Crippen LogP contribution in [-0.4, -0.2) is 46.1 Å². The third kappa shape index (κ3) is 46.1. The standard InChI is InChI=1S/C56H105NO4/c1-3-5-7-9-11-13-15-17-19-21-22-23-24-25-26-27-28-29-30-31-32-33-34-35-37-39-41-43-45-47-49-51-55(60)56(61)57-53(52-58)54(59)50-48-46-44-42-40-38-36-20-18-16-14-12-10-8-6-4-2/h18,20,25-26,40,42,48,50,53-55,58-60H,3-17,19,21-24,27-39,41,43-47,49,51-52H2,1-2H3,(H,57,61)/b20-18+,26-25-,42-40+,50-48+. The molecule has 61 heavy (non-hydrogen) atoms. The molecular weight excluding hydrogens is 751 g/mol. The highest BCUT2D eigenvalue weighted by Crippen LogP contribution is 2.16. The number of hydrogen-bond donors (Lipinski definition) is 4. The van der Waals surface area contributed by atoms with Gasteiger partial charge < -0.3 is 20.6 Å². The smallest absolute Gasteiger partial charge is 0.249 e. The van der Waals surface area contributed by atoms with E-state index in [1.54, 1.807) is 6.08 Å². The lowest BCUT2D eigenvalue weighted by atomic mass is 10.0. The van der Waals surface area contributed by atoms with Gasteiger partial charge in [0.05, 0.1) is 18.8 Å². The van der Waals surface area contributed by atoms with Gasteiger partial charge in [-0.15, -0.1) is 0 Å². The van der Waals surface area contributed by atoms with Crippen LogP contribution in [0.2, 0.25) is 0 Å². The summed E-state index contributed by atoms with van der Waals surface area (Å²) in [6, 6.07) is -0.821. The Morgan fingerprint density at radius 3 is 1.00 bits per heavy atom. The average Bonchev–Trinajstić information content (AvgIpc) is 3.26. The summed E-state index contributed by atoms with van der Waals surface area (Å²) in [5, 5.41) is 33.2. The molecule has 0 rings (SSSR count). The number of amides is 1.